The Morgan fingerprint density at radius 2 is 1.90 bits per heavy atom. The molecule has 2 rings (SSSR count). The lowest BCUT2D eigenvalue weighted by atomic mass is 10.2. The molecule has 2 aromatic rings. The monoisotopic (exact) mass is 287 g/mol. The van der Waals surface area contributed by atoms with Crippen LogP contribution in [0, 0.1) is 0 Å². The van der Waals surface area contributed by atoms with Crippen LogP contribution in [-0.4, -0.2) is 42.7 Å². The van der Waals surface area contributed by atoms with Crippen LogP contribution in [0.5, 0.6) is 5.75 Å². The Bertz CT molecular complexity index is 600. The number of anilines is 2. The van der Waals surface area contributed by atoms with E-state index in [-0.39, 0.29) is 0 Å². The lowest BCUT2D eigenvalue weighted by Gasteiger charge is -2.14. The van der Waals surface area contributed by atoms with Gasteiger partial charge in [0, 0.05) is 20.6 Å². The zero-order valence-electron chi connectivity index (χ0n) is 12.9. The second-order valence-corrected chi connectivity index (χ2v) is 4.80. The minimum atomic E-state index is 0.580. The fourth-order valence-electron chi connectivity index (χ4n) is 1.83. The molecule has 0 bridgehead atoms. The standard InChI is InChI=1S/C15H21N5O/c1-5-10-16-14-17-13(18-15(19-14)20(2)3)11-8-6-7-9-12(11)21-4/h6-9H,5,10H2,1-4H3,(H,16,17,18,19). The summed E-state index contributed by atoms with van der Waals surface area (Å²) in [5.41, 5.74) is 0.852. The van der Waals surface area contributed by atoms with Crippen molar-refractivity contribution in [3.63, 3.8) is 0 Å². The Morgan fingerprint density at radius 1 is 1.14 bits per heavy atom. The van der Waals surface area contributed by atoms with Crippen LogP contribution >= 0.6 is 0 Å². The predicted octanol–water partition coefficient (Wildman–Crippen LogP) is 2.44. The summed E-state index contributed by atoms with van der Waals surface area (Å²) in [5, 5.41) is 3.21. The van der Waals surface area contributed by atoms with Crippen LogP contribution in [0.2, 0.25) is 0 Å². The van der Waals surface area contributed by atoms with Gasteiger partial charge in [-0.1, -0.05) is 19.1 Å². The lowest BCUT2D eigenvalue weighted by Crippen LogP contribution is -2.16. The fourth-order valence-corrected chi connectivity index (χ4v) is 1.83. The van der Waals surface area contributed by atoms with Gasteiger partial charge in [0.1, 0.15) is 5.75 Å². The zero-order valence-corrected chi connectivity index (χ0v) is 12.9. The summed E-state index contributed by atoms with van der Waals surface area (Å²) in [6.07, 6.45) is 1.01. The van der Waals surface area contributed by atoms with Gasteiger partial charge in [0.15, 0.2) is 5.82 Å². The van der Waals surface area contributed by atoms with Crippen molar-refractivity contribution in [1.82, 2.24) is 15.0 Å². The van der Waals surface area contributed by atoms with Crippen molar-refractivity contribution in [2.24, 2.45) is 0 Å². The van der Waals surface area contributed by atoms with E-state index >= 15 is 0 Å². The van der Waals surface area contributed by atoms with E-state index in [0.29, 0.717) is 17.7 Å². The van der Waals surface area contributed by atoms with Crippen molar-refractivity contribution in [3.05, 3.63) is 24.3 Å². The Balaban J connectivity index is 2.48. The summed E-state index contributed by atoms with van der Waals surface area (Å²) >= 11 is 0. The minimum Gasteiger partial charge on any atom is -0.496 e. The second-order valence-electron chi connectivity index (χ2n) is 4.80. The van der Waals surface area contributed by atoms with E-state index in [1.807, 2.05) is 43.3 Å². The Kier molecular flexibility index (Phi) is 4.92. The SMILES string of the molecule is CCCNc1nc(-c2ccccc2OC)nc(N(C)C)n1. The van der Waals surface area contributed by atoms with Crippen molar-refractivity contribution in [1.29, 1.82) is 0 Å². The van der Waals surface area contributed by atoms with Crippen molar-refractivity contribution < 1.29 is 4.74 Å². The number of hydrogen-bond acceptors (Lipinski definition) is 6. The van der Waals surface area contributed by atoms with E-state index in [0.717, 1.165) is 24.3 Å². The van der Waals surface area contributed by atoms with E-state index in [4.69, 9.17) is 4.74 Å². The van der Waals surface area contributed by atoms with E-state index < -0.39 is 0 Å². The van der Waals surface area contributed by atoms with Crippen molar-refractivity contribution >= 4 is 11.9 Å². The highest BCUT2D eigenvalue weighted by molar-refractivity contribution is 5.65. The summed E-state index contributed by atoms with van der Waals surface area (Å²) in [5.74, 6) is 2.54. The topological polar surface area (TPSA) is 63.2 Å². The third kappa shape index (κ3) is 3.59. The number of ether oxygens (including phenoxy) is 1. The Morgan fingerprint density at radius 3 is 2.57 bits per heavy atom. The van der Waals surface area contributed by atoms with Gasteiger partial charge in [-0.25, -0.2) is 0 Å². The maximum absolute atomic E-state index is 5.39. The molecule has 0 spiro atoms. The van der Waals surface area contributed by atoms with Gasteiger partial charge >= 0.3 is 0 Å². The second kappa shape index (κ2) is 6.88. The zero-order chi connectivity index (χ0) is 15.2. The maximum Gasteiger partial charge on any atom is 0.230 e. The molecule has 6 heteroatoms. The summed E-state index contributed by atoms with van der Waals surface area (Å²) < 4.78 is 5.39. The van der Waals surface area contributed by atoms with Gasteiger partial charge in [0.25, 0.3) is 0 Å². The summed E-state index contributed by atoms with van der Waals surface area (Å²) in [6, 6.07) is 7.70. The van der Waals surface area contributed by atoms with E-state index in [9.17, 15) is 0 Å². The number of nitrogens with one attached hydrogen (secondary N) is 1. The van der Waals surface area contributed by atoms with Crippen LogP contribution in [0.1, 0.15) is 13.3 Å². The molecule has 1 heterocycles. The largest absolute Gasteiger partial charge is 0.496 e. The molecule has 0 amide bonds. The smallest absolute Gasteiger partial charge is 0.230 e. The van der Waals surface area contributed by atoms with Crippen LogP contribution in [0.15, 0.2) is 24.3 Å². The average Bonchev–Trinajstić information content (AvgIpc) is 2.52. The number of para-hydroxylation sites is 1. The average molecular weight is 287 g/mol. The maximum atomic E-state index is 5.39. The fraction of sp³-hybridized carbons (Fsp3) is 0.400. The minimum absolute atomic E-state index is 0.580. The van der Waals surface area contributed by atoms with E-state index in [1.54, 1.807) is 7.11 Å². The molecular formula is C15H21N5O. The molecule has 21 heavy (non-hydrogen) atoms. The molecule has 0 saturated carbocycles. The first kappa shape index (κ1) is 15.0. The van der Waals surface area contributed by atoms with E-state index in [1.165, 1.54) is 0 Å². The number of nitrogens with zero attached hydrogens (tertiary/aromatic N) is 4. The molecule has 1 N–H and O–H groups in total. The first-order chi connectivity index (χ1) is 10.2. The first-order valence-corrected chi connectivity index (χ1v) is 6.96. The normalized spacial score (nSPS) is 10.3. The van der Waals surface area contributed by atoms with Gasteiger partial charge in [-0.2, -0.15) is 15.0 Å². The predicted molar refractivity (Wildman–Crippen MR) is 84.9 cm³/mol. The third-order valence-corrected chi connectivity index (χ3v) is 2.90. The molecule has 0 aliphatic heterocycles. The highest BCUT2D eigenvalue weighted by Gasteiger charge is 2.13. The summed E-state index contributed by atoms with van der Waals surface area (Å²) in [6.45, 7) is 2.92. The van der Waals surface area contributed by atoms with Gasteiger partial charge in [0.05, 0.1) is 12.7 Å². The van der Waals surface area contributed by atoms with Crippen LogP contribution < -0.4 is 15.0 Å². The van der Waals surface area contributed by atoms with Gasteiger partial charge in [0.2, 0.25) is 11.9 Å². The molecular weight excluding hydrogens is 266 g/mol. The Hall–Kier alpha value is -2.37. The quantitative estimate of drug-likeness (QED) is 0.880. The number of rotatable bonds is 6. The summed E-state index contributed by atoms with van der Waals surface area (Å²) in [4.78, 5) is 15.3. The number of aromatic nitrogens is 3. The highest BCUT2D eigenvalue weighted by atomic mass is 16.5. The Labute approximate surface area is 125 Å². The molecule has 112 valence electrons. The molecule has 6 nitrogen and oxygen atoms in total. The molecule has 0 aliphatic rings. The van der Waals surface area contributed by atoms with Gasteiger partial charge < -0.3 is 15.0 Å². The van der Waals surface area contributed by atoms with E-state index in [2.05, 4.69) is 27.2 Å². The molecule has 0 radical (unpaired) electrons. The number of methoxy groups -OCH3 is 1. The van der Waals surface area contributed by atoms with Gasteiger partial charge in [-0.05, 0) is 18.6 Å². The molecule has 0 aliphatic carbocycles. The first-order valence-electron chi connectivity index (χ1n) is 6.96. The van der Waals surface area contributed by atoms with Crippen LogP contribution in [0.4, 0.5) is 11.9 Å². The van der Waals surface area contributed by atoms with Gasteiger partial charge in [-0.3, -0.25) is 0 Å². The van der Waals surface area contributed by atoms with Crippen LogP contribution in [0.3, 0.4) is 0 Å². The summed E-state index contributed by atoms with van der Waals surface area (Å²) in [7, 11) is 5.46. The molecule has 1 aromatic carbocycles. The van der Waals surface area contributed by atoms with Crippen molar-refractivity contribution in [3.8, 4) is 17.1 Å². The molecule has 0 atom stereocenters. The number of hydrogen-bond donors (Lipinski definition) is 1. The molecule has 0 fully saturated rings. The highest BCUT2D eigenvalue weighted by Crippen LogP contribution is 2.28. The van der Waals surface area contributed by atoms with Crippen molar-refractivity contribution in [2.45, 2.75) is 13.3 Å². The molecule has 1 aromatic heterocycles. The number of benzene rings is 1. The van der Waals surface area contributed by atoms with Gasteiger partial charge in [-0.15, -0.1) is 0 Å². The van der Waals surface area contributed by atoms with Crippen LogP contribution in [-0.2, 0) is 0 Å². The van der Waals surface area contributed by atoms with Crippen molar-refractivity contribution in [2.75, 3.05) is 38.0 Å². The molecule has 0 unspecified atom stereocenters. The third-order valence-electron chi connectivity index (χ3n) is 2.90. The van der Waals surface area contributed by atoms with Crippen LogP contribution in [0.25, 0.3) is 11.4 Å². The lowest BCUT2D eigenvalue weighted by molar-refractivity contribution is 0.416. The molecule has 0 saturated heterocycles.